The van der Waals surface area contributed by atoms with Gasteiger partial charge in [0.2, 0.25) is 5.95 Å². The first-order chi connectivity index (χ1) is 8.72. The summed E-state index contributed by atoms with van der Waals surface area (Å²) in [4.78, 5) is 4.35. The normalized spacial score (nSPS) is 10.6. The lowest BCUT2D eigenvalue weighted by atomic mass is 10.2. The van der Waals surface area contributed by atoms with Crippen molar-refractivity contribution in [2.24, 2.45) is 0 Å². The highest BCUT2D eigenvalue weighted by Gasteiger charge is 2.05. The second-order valence-electron chi connectivity index (χ2n) is 4.33. The van der Waals surface area contributed by atoms with E-state index < -0.39 is 0 Å². The van der Waals surface area contributed by atoms with E-state index in [0.717, 1.165) is 29.1 Å². The van der Waals surface area contributed by atoms with Gasteiger partial charge in [-0.15, -0.1) is 0 Å². The zero-order valence-electron chi connectivity index (χ0n) is 10.8. The van der Waals surface area contributed by atoms with Gasteiger partial charge in [0.25, 0.3) is 0 Å². The van der Waals surface area contributed by atoms with E-state index >= 15 is 0 Å². The molecular formula is C14H18BrN3. The van der Waals surface area contributed by atoms with E-state index in [-0.39, 0.29) is 0 Å². The minimum atomic E-state index is 0.902. The molecule has 0 spiro atoms. The van der Waals surface area contributed by atoms with E-state index in [0.29, 0.717) is 0 Å². The summed E-state index contributed by atoms with van der Waals surface area (Å²) in [7, 11) is 0. The van der Waals surface area contributed by atoms with Gasteiger partial charge in [-0.25, -0.2) is 4.98 Å². The van der Waals surface area contributed by atoms with E-state index in [1.54, 1.807) is 0 Å². The zero-order chi connectivity index (χ0) is 13.0. The molecule has 0 aliphatic carbocycles. The van der Waals surface area contributed by atoms with Gasteiger partial charge in [-0.05, 0) is 31.0 Å². The van der Waals surface area contributed by atoms with Crippen molar-refractivity contribution in [2.45, 2.75) is 26.7 Å². The fourth-order valence-electron chi connectivity index (χ4n) is 1.75. The molecule has 1 aromatic carbocycles. The number of nitrogens with one attached hydrogen (secondary N) is 1. The Morgan fingerprint density at radius 3 is 2.94 bits per heavy atom. The Morgan fingerprint density at radius 2 is 2.22 bits per heavy atom. The minimum Gasteiger partial charge on any atom is -0.355 e. The lowest BCUT2D eigenvalue weighted by Gasteiger charge is -2.10. The molecule has 1 aromatic heterocycles. The number of aryl methyl sites for hydroxylation is 1. The molecule has 2 aromatic rings. The second kappa shape index (κ2) is 6.05. The molecule has 0 atom stereocenters. The summed E-state index contributed by atoms with van der Waals surface area (Å²) < 4.78 is 3.19. The van der Waals surface area contributed by atoms with Gasteiger partial charge in [0.15, 0.2) is 0 Å². The molecule has 1 N–H and O–H groups in total. The highest BCUT2D eigenvalue weighted by Crippen LogP contribution is 2.22. The maximum atomic E-state index is 4.35. The topological polar surface area (TPSA) is 29.9 Å². The van der Waals surface area contributed by atoms with Gasteiger partial charge in [-0.2, -0.15) is 0 Å². The van der Waals surface area contributed by atoms with Crippen LogP contribution in [0.25, 0.3) is 5.69 Å². The maximum Gasteiger partial charge on any atom is 0.207 e. The molecule has 3 nitrogen and oxygen atoms in total. The molecule has 0 bridgehead atoms. The fourth-order valence-corrected chi connectivity index (χ4v) is 2.12. The number of nitrogens with zero attached hydrogens (tertiary/aromatic N) is 2. The van der Waals surface area contributed by atoms with Crippen LogP contribution in [0.15, 0.2) is 35.1 Å². The van der Waals surface area contributed by atoms with Crippen LogP contribution in [-0.4, -0.2) is 16.1 Å². The van der Waals surface area contributed by atoms with Crippen molar-refractivity contribution in [3.05, 3.63) is 40.6 Å². The van der Waals surface area contributed by atoms with Crippen molar-refractivity contribution in [1.29, 1.82) is 0 Å². The quantitative estimate of drug-likeness (QED) is 0.841. The SMILES string of the molecule is CCCCNc1nccn1-c1ccc(C)c(Br)c1. The van der Waals surface area contributed by atoms with Crippen molar-refractivity contribution >= 4 is 21.9 Å². The fraction of sp³-hybridized carbons (Fsp3) is 0.357. The Bertz CT molecular complexity index is 520. The Hall–Kier alpha value is -1.29. The Labute approximate surface area is 116 Å². The Balaban J connectivity index is 2.22. The van der Waals surface area contributed by atoms with Gasteiger partial charge < -0.3 is 5.32 Å². The van der Waals surface area contributed by atoms with E-state index in [1.165, 1.54) is 12.0 Å². The van der Waals surface area contributed by atoms with Crippen LogP contribution in [0.4, 0.5) is 5.95 Å². The predicted molar refractivity (Wildman–Crippen MR) is 79.4 cm³/mol. The van der Waals surface area contributed by atoms with Crippen LogP contribution in [0.3, 0.4) is 0 Å². The molecule has 2 rings (SSSR count). The molecule has 0 fully saturated rings. The first-order valence-electron chi connectivity index (χ1n) is 6.26. The Morgan fingerprint density at radius 1 is 1.39 bits per heavy atom. The molecule has 0 radical (unpaired) electrons. The molecule has 0 aliphatic rings. The Kier molecular flexibility index (Phi) is 4.42. The lowest BCUT2D eigenvalue weighted by Crippen LogP contribution is -2.07. The summed E-state index contributed by atoms with van der Waals surface area (Å²) in [6.45, 7) is 5.23. The van der Waals surface area contributed by atoms with Gasteiger partial charge >= 0.3 is 0 Å². The molecule has 1 heterocycles. The van der Waals surface area contributed by atoms with Crippen LogP contribution >= 0.6 is 15.9 Å². The number of benzene rings is 1. The van der Waals surface area contributed by atoms with Crippen LogP contribution in [-0.2, 0) is 0 Å². The molecule has 0 aliphatic heterocycles. The third kappa shape index (κ3) is 2.93. The summed E-state index contributed by atoms with van der Waals surface area (Å²) >= 11 is 3.57. The highest BCUT2D eigenvalue weighted by molar-refractivity contribution is 9.10. The van der Waals surface area contributed by atoms with Gasteiger partial charge in [0, 0.05) is 29.1 Å². The number of aromatic nitrogens is 2. The van der Waals surface area contributed by atoms with Gasteiger partial charge in [-0.3, -0.25) is 4.57 Å². The zero-order valence-corrected chi connectivity index (χ0v) is 12.4. The first-order valence-corrected chi connectivity index (χ1v) is 7.05. The number of rotatable bonds is 5. The van der Waals surface area contributed by atoms with Gasteiger partial charge in [-0.1, -0.05) is 35.3 Å². The molecule has 0 saturated carbocycles. The minimum absolute atomic E-state index is 0.902. The molecule has 0 amide bonds. The standard InChI is InChI=1S/C14H18BrN3/c1-3-4-7-16-14-17-8-9-18(14)12-6-5-11(2)13(15)10-12/h5-6,8-10H,3-4,7H2,1-2H3,(H,16,17). The summed E-state index contributed by atoms with van der Waals surface area (Å²) in [5.41, 5.74) is 2.35. The smallest absolute Gasteiger partial charge is 0.207 e. The van der Waals surface area contributed by atoms with Crippen LogP contribution in [0.5, 0.6) is 0 Å². The molecule has 0 saturated heterocycles. The molecule has 96 valence electrons. The number of hydrogen-bond acceptors (Lipinski definition) is 2. The van der Waals surface area contributed by atoms with Crippen molar-refractivity contribution in [2.75, 3.05) is 11.9 Å². The largest absolute Gasteiger partial charge is 0.355 e. The van der Waals surface area contributed by atoms with Gasteiger partial charge in [0.05, 0.1) is 0 Å². The van der Waals surface area contributed by atoms with E-state index in [4.69, 9.17) is 0 Å². The van der Waals surface area contributed by atoms with Crippen LogP contribution < -0.4 is 5.32 Å². The van der Waals surface area contributed by atoms with Crippen molar-refractivity contribution < 1.29 is 0 Å². The van der Waals surface area contributed by atoms with Crippen LogP contribution in [0, 0.1) is 6.92 Å². The predicted octanol–water partition coefficient (Wildman–Crippen LogP) is 4.16. The summed E-state index contributed by atoms with van der Waals surface area (Å²) in [6, 6.07) is 6.32. The number of hydrogen-bond donors (Lipinski definition) is 1. The van der Waals surface area contributed by atoms with E-state index in [1.807, 2.05) is 12.4 Å². The molecule has 0 unspecified atom stereocenters. The number of halogens is 1. The molecular weight excluding hydrogens is 290 g/mol. The first kappa shape index (κ1) is 13.1. The van der Waals surface area contributed by atoms with E-state index in [2.05, 4.69) is 62.8 Å². The van der Waals surface area contributed by atoms with Crippen LogP contribution in [0.1, 0.15) is 25.3 Å². The third-order valence-electron chi connectivity index (χ3n) is 2.89. The second-order valence-corrected chi connectivity index (χ2v) is 5.19. The summed E-state index contributed by atoms with van der Waals surface area (Å²) in [5.74, 6) is 0.902. The number of imidazole rings is 1. The lowest BCUT2D eigenvalue weighted by molar-refractivity contribution is 0.823. The van der Waals surface area contributed by atoms with Crippen molar-refractivity contribution in [3.63, 3.8) is 0 Å². The molecule has 18 heavy (non-hydrogen) atoms. The summed E-state index contributed by atoms with van der Waals surface area (Å²) in [5, 5.41) is 3.36. The van der Waals surface area contributed by atoms with Gasteiger partial charge in [0.1, 0.15) is 0 Å². The van der Waals surface area contributed by atoms with Crippen molar-refractivity contribution in [1.82, 2.24) is 9.55 Å². The monoisotopic (exact) mass is 307 g/mol. The average molecular weight is 308 g/mol. The summed E-state index contributed by atoms with van der Waals surface area (Å²) in [6.07, 6.45) is 6.14. The number of unbranched alkanes of at least 4 members (excludes halogenated alkanes) is 1. The van der Waals surface area contributed by atoms with Crippen molar-refractivity contribution in [3.8, 4) is 5.69 Å². The number of anilines is 1. The molecule has 4 heteroatoms. The third-order valence-corrected chi connectivity index (χ3v) is 3.74. The van der Waals surface area contributed by atoms with Crippen LogP contribution in [0.2, 0.25) is 0 Å². The van der Waals surface area contributed by atoms with E-state index in [9.17, 15) is 0 Å². The maximum absolute atomic E-state index is 4.35. The average Bonchev–Trinajstić information content (AvgIpc) is 2.81. The highest BCUT2D eigenvalue weighted by atomic mass is 79.9.